The summed E-state index contributed by atoms with van der Waals surface area (Å²) in [6.45, 7) is -0.151. The van der Waals surface area contributed by atoms with Gasteiger partial charge in [-0.15, -0.1) is 0 Å². The monoisotopic (exact) mass is 205 g/mol. The van der Waals surface area contributed by atoms with E-state index >= 15 is 0 Å². The third-order valence-electron chi connectivity index (χ3n) is 1.94. The molecule has 0 aliphatic heterocycles. The second-order valence-corrected chi connectivity index (χ2v) is 3.26. The number of halogens is 1. The van der Waals surface area contributed by atoms with Crippen LogP contribution in [0.3, 0.4) is 0 Å². The van der Waals surface area contributed by atoms with Crippen LogP contribution in [0.4, 0.5) is 0 Å². The first-order chi connectivity index (χ1) is 6.81. The van der Waals surface area contributed by atoms with Crippen LogP contribution in [-0.4, -0.2) is 16.7 Å². The van der Waals surface area contributed by atoms with Crippen LogP contribution in [0.5, 0.6) is 0 Å². The maximum atomic E-state index is 8.57. The molecule has 0 saturated heterocycles. The molecule has 0 bridgehead atoms. The van der Waals surface area contributed by atoms with E-state index in [1.165, 1.54) is 0 Å². The molecule has 2 rings (SSSR count). The van der Waals surface area contributed by atoms with E-state index in [4.69, 9.17) is 16.7 Å². The smallest absolute Gasteiger partial charge is 0.104 e. The van der Waals surface area contributed by atoms with Crippen molar-refractivity contribution in [1.82, 2.24) is 4.98 Å². The summed E-state index contributed by atoms with van der Waals surface area (Å²) < 4.78 is 0. The molecule has 14 heavy (non-hydrogen) atoms. The molecular formula is C11H8ClNO. The van der Waals surface area contributed by atoms with E-state index in [9.17, 15) is 0 Å². The number of hydrogen-bond donors (Lipinski definition) is 2. The summed E-state index contributed by atoms with van der Waals surface area (Å²) in [7, 11) is 0. The molecule has 0 atom stereocenters. The fourth-order valence-corrected chi connectivity index (χ4v) is 1.52. The van der Waals surface area contributed by atoms with Gasteiger partial charge in [-0.25, -0.2) is 0 Å². The van der Waals surface area contributed by atoms with Crippen LogP contribution in [-0.2, 0) is 0 Å². The molecule has 0 amide bonds. The highest BCUT2D eigenvalue weighted by atomic mass is 35.5. The van der Waals surface area contributed by atoms with Gasteiger partial charge in [0.15, 0.2) is 0 Å². The summed E-state index contributed by atoms with van der Waals surface area (Å²) >= 11 is 5.99. The number of H-pyrrole nitrogens is 1. The molecule has 2 N–H and O–H groups in total. The molecular weight excluding hydrogens is 198 g/mol. The van der Waals surface area contributed by atoms with Gasteiger partial charge in [0.2, 0.25) is 0 Å². The van der Waals surface area contributed by atoms with Gasteiger partial charge in [0.05, 0.1) is 5.02 Å². The third kappa shape index (κ3) is 1.60. The van der Waals surface area contributed by atoms with Gasteiger partial charge in [0.25, 0.3) is 0 Å². The molecule has 0 aliphatic rings. The van der Waals surface area contributed by atoms with Gasteiger partial charge in [0.1, 0.15) is 6.61 Å². The Balaban J connectivity index is 2.59. The average molecular weight is 206 g/mol. The number of fused-ring (bicyclic) bond motifs is 1. The van der Waals surface area contributed by atoms with Crippen LogP contribution in [0, 0.1) is 11.8 Å². The molecule has 3 heteroatoms. The molecule has 0 aliphatic carbocycles. The molecule has 2 nitrogen and oxygen atoms in total. The first kappa shape index (κ1) is 9.14. The summed E-state index contributed by atoms with van der Waals surface area (Å²) in [5.41, 5.74) is 1.73. The molecule has 0 radical (unpaired) electrons. The molecule has 0 spiro atoms. The summed E-state index contributed by atoms with van der Waals surface area (Å²) in [6.07, 6.45) is 1.85. The SMILES string of the molecule is OCC#Cc1cc2cc[nH]c2cc1Cl. The maximum absolute atomic E-state index is 8.57. The van der Waals surface area contributed by atoms with Crippen LogP contribution in [0.25, 0.3) is 10.9 Å². The quantitative estimate of drug-likeness (QED) is 0.636. The highest BCUT2D eigenvalue weighted by Crippen LogP contribution is 2.22. The topological polar surface area (TPSA) is 36.0 Å². The highest BCUT2D eigenvalue weighted by molar-refractivity contribution is 6.32. The fraction of sp³-hybridized carbons (Fsp3) is 0.0909. The molecule has 1 aromatic heterocycles. The minimum atomic E-state index is -0.151. The van der Waals surface area contributed by atoms with E-state index in [0.717, 1.165) is 16.5 Å². The minimum absolute atomic E-state index is 0.151. The van der Waals surface area contributed by atoms with Crippen LogP contribution in [0.15, 0.2) is 24.4 Å². The molecule has 2 aromatic rings. The minimum Gasteiger partial charge on any atom is -0.384 e. The van der Waals surface area contributed by atoms with Gasteiger partial charge in [-0.05, 0) is 18.2 Å². The number of benzene rings is 1. The Labute approximate surface area is 86.5 Å². The van der Waals surface area contributed by atoms with E-state index in [1.54, 1.807) is 0 Å². The van der Waals surface area contributed by atoms with E-state index in [2.05, 4.69) is 16.8 Å². The van der Waals surface area contributed by atoms with E-state index in [-0.39, 0.29) is 6.61 Å². The van der Waals surface area contributed by atoms with Crippen molar-refractivity contribution in [3.8, 4) is 11.8 Å². The van der Waals surface area contributed by atoms with Gasteiger partial charge >= 0.3 is 0 Å². The number of rotatable bonds is 0. The van der Waals surface area contributed by atoms with Crippen molar-refractivity contribution >= 4 is 22.5 Å². The Kier molecular flexibility index (Phi) is 2.45. The second kappa shape index (κ2) is 3.75. The highest BCUT2D eigenvalue weighted by Gasteiger charge is 2.00. The van der Waals surface area contributed by atoms with Crippen LogP contribution in [0.1, 0.15) is 5.56 Å². The van der Waals surface area contributed by atoms with Crippen LogP contribution in [0.2, 0.25) is 5.02 Å². The number of nitrogens with one attached hydrogen (secondary N) is 1. The normalized spacial score (nSPS) is 9.86. The lowest BCUT2D eigenvalue weighted by molar-refractivity contribution is 0.350. The predicted molar refractivity (Wildman–Crippen MR) is 57.3 cm³/mol. The zero-order chi connectivity index (χ0) is 9.97. The van der Waals surface area contributed by atoms with Crippen LogP contribution >= 0.6 is 11.6 Å². The molecule has 1 heterocycles. The first-order valence-electron chi connectivity index (χ1n) is 4.17. The lowest BCUT2D eigenvalue weighted by atomic mass is 10.1. The van der Waals surface area contributed by atoms with Crippen molar-refractivity contribution in [2.75, 3.05) is 6.61 Å². The maximum Gasteiger partial charge on any atom is 0.104 e. The Morgan fingerprint density at radius 3 is 3.07 bits per heavy atom. The summed E-state index contributed by atoms with van der Waals surface area (Å²) in [5, 5.41) is 10.2. The lowest BCUT2D eigenvalue weighted by Gasteiger charge is -1.96. The molecule has 70 valence electrons. The molecule has 1 aromatic carbocycles. The average Bonchev–Trinajstić information content (AvgIpc) is 2.61. The van der Waals surface area contributed by atoms with Crippen molar-refractivity contribution in [3.63, 3.8) is 0 Å². The van der Waals surface area contributed by atoms with Gasteiger partial charge in [0, 0.05) is 22.7 Å². The van der Waals surface area contributed by atoms with Gasteiger partial charge in [-0.3, -0.25) is 0 Å². The van der Waals surface area contributed by atoms with Crippen molar-refractivity contribution in [2.45, 2.75) is 0 Å². The third-order valence-corrected chi connectivity index (χ3v) is 2.26. The number of aromatic amines is 1. The van der Waals surface area contributed by atoms with Crippen molar-refractivity contribution in [2.24, 2.45) is 0 Å². The largest absolute Gasteiger partial charge is 0.384 e. The summed E-state index contributed by atoms with van der Waals surface area (Å²) in [6, 6.07) is 5.69. The van der Waals surface area contributed by atoms with Crippen molar-refractivity contribution < 1.29 is 5.11 Å². The summed E-state index contributed by atoms with van der Waals surface area (Å²) in [5.74, 6) is 5.37. The number of hydrogen-bond acceptors (Lipinski definition) is 1. The Morgan fingerprint density at radius 2 is 2.29 bits per heavy atom. The van der Waals surface area contributed by atoms with E-state index in [1.807, 2.05) is 24.4 Å². The van der Waals surface area contributed by atoms with Crippen molar-refractivity contribution in [1.29, 1.82) is 0 Å². The zero-order valence-corrected chi connectivity index (χ0v) is 8.10. The Hall–Kier alpha value is -1.43. The number of aliphatic hydroxyl groups is 1. The van der Waals surface area contributed by atoms with Gasteiger partial charge in [-0.2, -0.15) is 0 Å². The molecule has 0 unspecified atom stereocenters. The molecule has 0 fully saturated rings. The van der Waals surface area contributed by atoms with Gasteiger partial charge < -0.3 is 10.1 Å². The predicted octanol–water partition coefficient (Wildman–Crippen LogP) is 2.17. The summed E-state index contributed by atoms with van der Waals surface area (Å²) in [4.78, 5) is 3.06. The van der Waals surface area contributed by atoms with E-state index in [0.29, 0.717) is 5.02 Å². The van der Waals surface area contributed by atoms with Crippen molar-refractivity contribution in [3.05, 3.63) is 35.0 Å². The fourth-order valence-electron chi connectivity index (χ4n) is 1.30. The van der Waals surface area contributed by atoms with Crippen LogP contribution < -0.4 is 0 Å². The van der Waals surface area contributed by atoms with Gasteiger partial charge in [-0.1, -0.05) is 23.4 Å². The van der Waals surface area contributed by atoms with E-state index < -0.39 is 0 Å². The second-order valence-electron chi connectivity index (χ2n) is 2.86. The number of aromatic nitrogens is 1. The lowest BCUT2D eigenvalue weighted by Crippen LogP contribution is -1.79. The Morgan fingerprint density at radius 1 is 1.43 bits per heavy atom. The standard InChI is InChI=1S/C11H8ClNO/c12-10-7-11-9(3-4-13-11)6-8(10)2-1-5-14/h3-4,6-7,13-14H,5H2. The zero-order valence-electron chi connectivity index (χ0n) is 7.34. The molecule has 0 saturated carbocycles. The first-order valence-corrected chi connectivity index (χ1v) is 4.55. The number of aliphatic hydroxyl groups excluding tert-OH is 1. The Bertz CT molecular complexity index is 519.